The van der Waals surface area contributed by atoms with Gasteiger partial charge in [0.15, 0.2) is 0 Å². The van der Waals surface area contributed by atoms with Crippen molar-refractivity contribution < 1.29 is 14.7 Å². The van der Waals surface area contributed by atoms with Gasteiger partial charge in [0.05, 0.1) is 4.88 Å². The first kappa shape index (κ1) is 16.7. The molecule has 1 aromatic carbocycles. The molecule has 0 spiro atoms. The zero-order valence-corrected chi connectivity index (χ0v) is 14.1. The number of carbonyl (C=O) groups excluding carboxylic acids is 1. The van der Waals surface area contributed by atoms with Gasteiger partial charge in [-0.3, -0.25) is 4.79 Å². The predicted octanol–water partition coefficient (Wildman–Crippen LogP) is 2.67. The third-order valence-electron chi connectivity index (χ3n) is 4.30. The van der Waals surface area contributed by atoms with E-state index in [9.17, 15) is 9.59 Å². The Morgan fingerprint density at radius 2 is 1.92 bits per heavy atom. The van der Waals surface area contributed by atoms with Gasteiger partial charge in [0.25, 0.3) is 5.91 Å². The van der Waals surface area contributed by atoms with Gasteiger partial charge in [-0.25, -0.2) is 4.79 Å². The fourth-order valence-electron chi connectivity index (χ4n) is 3.02. The van der Waals surface area contributed by atoms with Crippen LogP contribution < -0.4 is 5.32 Å². The Kier molecular flexibility index (Phi) is 5.27. The number of nitrogens with one attached hydrogen (secondary N) is 1. The molecule has 24 heavy (non-hydrogen) atoms. The summed E-state index contributed by atoms with van der Waals surface area (Å²) in [6, 6.07) is 13.6. The average Bonchev–Trinajstić information content (AvgIpc) is 3.25. The second-order valence-corrected chi connectivity index (χ2v) is 7.01. The molecule has 126 valence electrons. The number of aromatic carboxylic acids is 1. The Bertz CT molecular complexity index is 714. The second-order valence-electron chi connectivity index (χ2n) is 5.92. The van der Waals surface area contributed by atoms with Crippen molar-refractivity contribution in [2.24, 2.45) is 0 Å². The molecule has 1 fully saturated rings. The zero-order valence-electron chi connectivity index (χ0n) is 13.3. The fourth-order valence-corrected chi connectivity index (χ4v) is 3.78. The summed E-state index contributed by atoms with van der Waals surface area (Å²) in [6.45, 7) is 3.44. The van der Waals surface area contributed by atoms with Crippen molar-refractivity contribution in [1.29, 1.82) is 0 Å². The average molecular weight is 344 g/mol. The molecular formula is C18H20N2O3S. The van der Waals surface area contributed by atoms with Gasteiger partial charge >= 0.3 is 5.97 Å². The molecule has 2 heterocycles. The first-order chi connectivity index (χ1) is 11.6. The lowest BCUT2D eigenvalue weighted by molar-refractivity contribution is 0.0702. The number of hydrogen-bond donors (Lipinski definition) is 2. The third kappa shape index (κ3) is 4.01. The van der Waals surface area contributed by atoms with Crippen LogP contribution in [0, 0.1) is 0 Å². The smallest absolute Gasteiger partial charge is 0.345 e. The van der Waals surface area contributed by atoms with Crippen LogP contribution in [0.4, 0.5) is 0 Å². The van der Waals surface area contributed by atoms with E-state index in [1.54, 1.807) is 6.07 Å². The first-order valence-corrected chi connectivity index (χ1v) is 8.84. The van der Waals surface area contributed by atoms with Crippen LogP contribution in [0.5, 0.6) is 0 Å². The largest absolute Gasteiger partial charge is 0.477 e. The summed E-state index contributed by atoms with van der Waals surface area (Å²) in [5, 5.41) is 11.8. The Labute approximate surface area is 144 Å². The highest BCUT2D eigenvalue weighted by Gasteiger charge is 2.23. The fraction of sp³-hybridized carbons (Fsp3) is 0.333. The van der Waals surface area contributed by atoms with Crippen LogP contribution in [0.1, 0.15) is 37.2 Å². The van der Waals surface area contributed by atoms with E-state index in [1.807, 2.05) is 6.07 Å². The number of carboxylic acid groups (broad SMARTS) is 1. The van der Waals surface area contributed by atoms with Gasteiger partial charge in [0, 0.05) is 19.6 Å². The second kappa shape index (κ2) is 7.59. The predicted molar refractivity (Wildman–Crippen MR) is 93.9 cm³/mol. The molecule has 0 unspecified atom stereocenters. The molecule has 6 heteroatoms. The van der Waals surface area contributed by atoms with E-state index in [1.165, 1.54) is 11.6 Å². The Hall–Kier alpha value is -2.18. The normalized spacial score (nSPS) is 17.8. The molecule has 3 rings (SSSR count). The summed E-state index contributed by atoms with van der Waals surface area (Å²) >= 11 is 1.00. The number of benzene rings is 1. The summed E-state index contributed by atoms with van der Waals surface area (Å²) in [5.74, 6) is -0.633. The summed E-state index contributed by atoms with van der Waals surface area (Å²) in [5.41, 5.74) is 1.38. The van der Waals surface area contributed by atoms with E-state index in [2.05, 4.69) is 34.5 Å². The van der Waals surface area contributed by atoms with E-state index in [0.29, 0.717) is 17.3 Å². The van der Waals surface area contributed by atoms with Crippen LogP contribution in [0.2, 0.25) is 0 Å². The van der Waals surface area contributed by atoms with E-state index < -0.39 is 5.97 Å². The van der Waals surface area contributed by atoms with Crippen molar-refractivity contribution in [1.82, 2.24) is 10.2 Å². The van der Waals surface area contributed by atoms with Crippen molar-refractivity contribution in [3.8, 4) is 0 Å². The lowest BCUT2D eigenvalue weighted by Crippen LogP contribution is -2.33. The Morgan fingerprint density at radius 3 is 2.62 bits per heavy atom. The number of likely N-dealkylation sites (tertiary alicyclic amines) is 1. The highest BCUT2D eigenvalue weighted by Crippen LogP contribution is 2.26. The van der Waals surface area contributed by atoms with Crippen molar-refractivity contribution in [3.63, 3.8) is 0 Å². The maximum atomic E-state index is 12.0. The monoisotopic (exact) mass is 344 g/mol. The van der Waals surface area contributed by atoms with Crippen LogP contribution in [-0.2, 0) is 0 Å². The van der Waals surface area contributed by atoms with Gasteiger partial charge in [-0.15, -0.1) is 11.3 Å². The molecule has 1 amide bonds. The Morgan fingerprint density at radius 1 is 1.17 bits per heavy atom. The number of rotatable bonds is 6. The molecule has 0 radical (unpaired) electrons. The minimum Gasteiger partial charge on any atom is -0.477 e. The topological polar surface area (TPSA) is 69.6 Å². The van der Waals surface area contributed by atoms with Gasteiger partial charge in [0.2, 0.25) is 0 Å². The molecule has 0 bridgehead atoms. The molecule has 2 aromatic rings. The van der Waals surface area contributed by atoms with Gasteiger partial charge in [-0.05, 0) is 36.6 Å². The number of carboxylic acids is 1. The number of nitrogens with zero attached hydrogens (tertiary/aromatic N) is 1. The quantitative estimate of drug-likeness (QED) is 0.845. The van der Waals surface area contributed by atoms with Crippen LogP contribution in [-0.4, -0.2) is 48.1 Å². The number of carbonyl (C=O) groups is 2. The molecule has 1 saturated heterocycles. The third-order valence-corrected chi connectivity index (χ3v) is 5.37. The van der Waals surface area contributed by atoms with Gasteiger partial charge in [-0.2, -0.15) is 0 Å². The molecule has 1 aliphatic rings. The lowest BCUT2D eigenvalue weighted by Gasteiger charge is -2.16. The van der Waals surface area contributed by atoms with E-state index in [0.717, 1.165) is 37.4 Å². The number of thiophene rings is 1. The number of hydrogen-bond acceptors (Lipinski definition) is 4. The van der Waals surface area contributed by atoms with Crippen LogP contribution in [0.3, 0.4) is 0 Å². The summed E-state index contributed by atoms with van der Waals surface area (Å²) in [6.07, 6.45) is 1.14. The minimum absolute atomic E-state index is 0.186. The summed E-state index contributed by atoms with van der Waals surface area (Å²) < 4.78 is 0. The maximum Gasteiger partial charge on any atom is 0.345 e. The molecule has 5 nitrogen and oxygen atoms in total. The maximum absolute atomic E-state index is 12.0. The molecule has 1 atom stereocenters. The lowest BCUT2D eigenvalue weighted by atomic mass is 9.99. The Balaban J connectivity index is 1.43. The standard InChI is InChI=1S/C18H20N2O3S/c21-17(15-6-7-16(24-15)18(22)23)19-9-11-20-10-8-14(12-20)13-4-2-1-3-5-13/h1-7,14H,8-12H2,(H,19,21)(H,22,23)/t14-/m1/s1. The van der Waals surface area contributed by atoms with E-state index >= 15 is 0 Å². The van der Waals surface area contributed by atoms with E-state index in [-0.39, 0.29) is 10.8 Å². The van der Waals surface area contributed by atoms with Gasteiger partial charge < -0.3 is 15.3 Å². The molecule has 0 aliphatic carbocycles. The number of amides is 1. The molecule has 1 aromatic heterocycles. The van der Waals surface area contributed by atoms with Crippen molar-refractivity contribution in [2.45, 2.75) is 12.3 Å². The van der Waals surface area contributed by atoms with Crippen molar-refractivity contribution >= 4 is 23.2 Å². The van der Waals surface area contributed by atoms with Crippen LogP contribution in [0.15, 0.2) is 42.5 Å². The van der Waals surface area contributed by atoms with Gasteiger partial charge in [0.1, 0.15) is 4.88 Å². The summed E-state index contributed by atoms with van der Waals surface area (Å²) in [7, 11) is 0. The van der Waals surface area contributed by atoms with Crippen LogP contribution in [0.25, 0.3) is 0 Å². The molecule has 1 aliphatic heterocycles. The molecule has 2 N–H and O–H groups in total. The van der Waals surface area contributed by atoms with E-state index in [4.69, 9.17) is 5.11 Å². The molecule has 0 saturated carbocycles. The van der Waals surface area contributed by atoms with Crippen LogP contribution >= 0.6 is 11.3 Å². The van der Waals surface area contributed by atoms with Crippen molar-refractivity contribution in [2.75, 3.05) is 26.2 Å². The first-order valence-electron chi connectivity index (χ1n) is 8.02. The summed E-state index contributed by atoms with van der Waals surface area (Å²) in [4.78, 5) is 25.9. The highest BCUT2D eigenvalue weighted by molar-refractivity contribution is 7.15. The zero-order chi connectivity index (χ0) is 16.9. The molecular weight excluding hydrogens is 324 g/mol. The van der Waals surface area contributed by atoms with Crippen molar-refractivity contribution in [3.05, 3.63) is 57.8 Å². The SMILES string of the molecule is O=C(O)c1ccc(C(=O)NCCN2CC[C@@H](c3ccccc3)C2)s1. The highest BCUT2D eigenvalue weighted by atomic mass is 32.1. The van der Waals surface area contributed by atoms with Gasteiger partial charge in [-0.1, -0.05) is 30.3 Å². The minimum atomic E-state index is -0.997.